The van der Waals surface area contributed by atoms with Crippen LogP contribution in [0.2, 0.25) is 5.02 Å². The molecule has 3 aromatic carbocycles. The maximum atomic E-state index is 13.2. The van der Waals surface area contributed by atoms with Crippen LogP contribution in [-0.4, -0.2) is 17.7 Å². The second kappa shape index (κ2) is 6.97. The molecule has 3 aromatic rings. The van der Waals surface area contributed by atoms with Crippen LogP contribution < -0.4 is 5.32 Å². The molecule has 142 valence electrons. The number of aliphatic hydroxyl groups excluding tert-OH is 1. The molecule has 0 aliphatic carbocycles. The van der Waals surface area contributed by atoms with E-state index in [-0.39, 0.29) is 6.04 Å². The van der Waals surface area contributed by atoms with Crippen LogP contribution in [0.15, 0.2) is 42.5 Å². The van der Waals surface area contributed by atoms with Gasteiger partial charge in [0, 0.05) is 11.1 Å². The van der Waals surface area contributed by atoms with Gasteiger partial charge in [0.25, 0.3) is 0 Å². The molecular formula is C21H19ClF3NO. The molecule has 1 fully saturated rings. The zero-order valence-electron chi connectivity index (χ0n) is 14.5. The SMILES string of the molecule is O[C@@H](c1cc2cc(Cl)ccc2c2cc(C(F)(F)F)ccc12)[C@H]1CCCCN1. The van der Waals surface area contributed by atoms with Gasteiger partial charge < -0.3 is 10.4 Å². The monoisotopic (exact) mass is 393 g/mol. The first-order valence-corrected chi connectivity index (χ1v) is 9.37. The molecule has 4 rings (SSSR count). The van der Waals surface area contributed by atoms with Crippen LogP contribution in [-0.2, 0) is 6.18 Å². The van der Waals surface area contributed by atoms with Gasteiger partial charge in [0.1, 0.15) is 0 Å². The Kier molecular flexibility index (Phi) is 4.78. The van der Waals surface area contributed by atoms with Crippen LogP contribution >= 0.6 is 11.6 Å². The highest BCUT2D eigenvalue weighted by atomic mass is 35.5. The van der Waals surface area contributed by atoms with Gasteiger partial charge in [0.15, 0.2) is 0 Å². The van der Waals surface area contributed by atoms with Crippen molar-refractivity contribution in [3.63, 3.8) is 0 Å². The minimum absolute atomic E-state index is 0.110. The molecule has 2 N–H and O–H groups in total. The third kappa shape index (κ3) is 3.51. The van der Waals surface area contributed by atoms with Crippen molar-refractivity contribution in [1.82, 2.24) is 5.32 Å². The van der Waals surface area contributed by atoms with Gasteiger partial charge in [-0.15, -0.1) is 0 Å². The van der Waals surface area contributed by atoms with Crippen LogP contribution in [0.3, 0.4) is 0 Å². The van der Waals surface area contributed by atoms with E-state index in [9.17, 15) is 18.3 Å². The number of benzene rings is 3. The van der Waals surface area contributed by atoms with E-state index in [1.165, 1.54) is 6.07 Å². The predicted octanol–water partition coefficient (Wildman–Crippen LogP) is 5.84. The van der Waals surface area contributed by atoms with Crippen LogP contribution in [0.25, 0.3) is 21.5 Å². The molecule has 27 heavy (non-hydrogen) atoms. The molecule has 1 saturated heterocycles. The van der Waals surface area contributed by atoms with Crippen LogP contribution in [0, 0.1) is 0 Å². The van der Waals surface area contributed by atoms with Crippen LogP contribution in [0.1, 0.15) is 36.5 Å². The van der Waals surface area contributed by atoms with E-state index >= 15 is 0 Å². The fraction of sp³-hybridized carbons (Fsp3) is 0.333. The summed E-state index contributed by atoms with van der Waals surface area (Å²) in [6, 6.07) is 10.6. The molecule has 0 spiro atoms. The smallest absolute Gasteiger partial charge is 0.387 e. The molecular weight excluding hydrogens is 375 g/mol. The van der Waals surface area contributed by atoms with E-state index in [0.717, 1.165) is 43.3 Å². The molecule has 1 aliphatic heterocycles. The standard InChI is InChI=1S/C21H19ClF3NO/c22-14-5-7-15-12(9-14)10-18(20(27)19-3-1-2-8-26-19)16-6-4-13(11-17(15)16)21(23,24)25/h4-7,9-11,19-20,26-27H,1-3,8H2/t19-,20+/m1/s1. The summed E-state index contributed by atoms with van der Waals surface area (Å²) in [5, 5.41) is 17.3. The van der Waals surface area contributed by atoms with E-state index in [0.29, 0.717) is 26.7 Å². The summed E-state index contributed by atoms with van der Waals surface area (Å²) < 4.78 is 39.7. The first kappa shape index (κ1) is 18.5. The number of piperidine rings is 1. The number of rotatable bonds is 2. The molecule has 0 aromatic heterocycles. The summed E-state index contributed by atoms with van der Waals surface area (Å²) in [5.74, 6) is 0. The van der Waals surface area contributed by atoms with Crippen molar-refractivity contribution >= 4 is 33.1 Å². The molecule has 1 heterocycles. The number of aliphatic hydroxyl groups is 1. The lowest BCUT2D eigenvalue weighted by Gasteiger charge is -2.29. The van der Waals surface area contributed by atoms with Gasteiger partial charge in [-0.05, 0) is 76.8 Å². The second-order valence-corrected chi connectivity index (χ2v) is 7.53. The summed E-state index contributed by atoms with van der Waals surface area (Å²) in [6.07, 6.45) is -2.31. The Morgan fingerprint density at radius 1 is 1.00 bits per heavy atom. The average molecular weight is 394 g/mol. The lowest BCUT2D eigenvalue weighted by atomic mass is 9.88. The Balaban J connectivity index is 1.96. The fourth-order valence-electron chi connectivity index (χ4n) is 3.95. The summed E-state index contributed by atoms with van der Waals surface area (Å²) in [5.41, 5.74) is -0.0680. The summed E-state index contributed by atoms with van der Waals surface area (Å²) >= 11 is 6.10. The normalized spacial score (nSPS) is 19.5. The molecule has 0 saturated carbocycles. The first-order valence-electron chi connectivity index (χ1n) is 8.99. The van der Waals surface area contributed by atoms with Gasteiger partial charge in [-0.25, -0.2) is 0 Å². The number of hydrogen-bond donors (Lipinski definition) is 2. The van der Waals surface area contributed by atoms with E-state index < -0.39 is 17.8 Å². The quantitative estimate of drug-likeness (QED) is 0.536. The number of fused-ring (bicyclic) bond motifs is 3. The number of alkyl halides is 3. The Hall–Kier alpha value is -1.82. The van der Waals surface area contributed by atoms with Crippen molar-refractivity contribution in [1.29, 1.82) is 0 Å². The van der Waals surface area contributed by atoms with Gasteiger partial charge in [-0.2, -0.15) is 13.2 Å². The van der Waals surface area contributed by atoms with Crippen molar-refractivity contribution in [2.24, 2.45) is 0 Å². The summed E-state index contributed by atoms with van der Waals surface area (Å²) in [7, 11) is 0. The number of hydrogen-bond acceptors (Lipinski definition) is 2. The van der Waals surface area contributed by atoms with Crippen LogP contribution in [0.4, 0.5) is 13.2 Å². The zero-order valence-corrected chi connectivity index (χ0v) is 15.2. The highest BCUT2D eigenvalue weighted by Crippen LogP contribution is 2.38. The van der Waals surface area contributed by atoms with Crippen molar-refractivity contribution in [3.05, 3.63) is 58.6 Å². The Bertz CT molecular complexity index is 996. The van der Waals surface area contributed by atoms with E-state index in [1.807, 2.05) is 6.07 Å². The molecule has 0 amide bonds. The molecule has 2 atom stereocenters. The first-order chi connectivity index (χ1) is 12.8. The lowest BCUT2D eigenvalue weighted by Crippen LogP contribution is -2.38. The zero-order chi connectivity index (χ0) is 19.2. The van der Waals surface area contributed by atoms with Crippen molar-refractivity contribution in [2.75, 3.05) is 6.54 Å². The number of nitrogens with one attached hydrogen (secondary N) is 1. The molecule has 2 nitrogen and oxygen atoms in total. The van der Waals surface area contributed by atoms with Crippen molar-refractivity contribution in [2.45, 2.75) is 37.6 Å². The maximum absolute atomic E-state index is 13.2. The van der Waals surface area contributed by atoms with Crippen LogP contribution in [0.5, 0.6) is 0 Å². The molecule has 0 unspecified atom stereocenters. The van der Waals surface area contributed by atoms with E-state index in [1.54, 1.807) is 18.2 Å². The molecule has 1 aliphatic rings. The fourth-order valence-corrected chi connectivity index (χ4v) is 4.13. The van der Waals surface area contributed by atoms with E-state index in [4.69, 9.17) is 11.6 Å². The third-order valence-corrected chi connectivity index (χ3v) is 5.56. The van der Waals surface area contributed by atoms with Gasteiger partial charge in [0.2, 0.25) is 0 Å². The summed E-state index contributed by atoms with van der Waals surface area (Å²) in [4.78, 5) is 0. The maximum Gasteiger partial charge on any atom is 0.416 e. The van der Waals surface area contributed by atoms with Gasteiger partial charge >= 0.3 is 6.18 Å². The minimum Gasteiger partial charge on any atom is -0.387 e. The highest BCUT2D eigenvalue weighted by molar-refractivity contribution is 6.31. The minimum atomic E-state index is -4.42. The number of halogens is 4. The van der Waals surface area contributed by atoms with E-state index in [2.05, 4.69) is 5.32 Å². The average Bonchev–Trinajstić information content (AvgIpc) is 2.66. The van der Waals surface area contributed by atoms with Crippen molar-refractivity contribution in [3.8, 4) is 0 Å². The van der Waals surface area contributed by atoms with Gasteiger partial charge in [-0.3, -0.25) is 0 Å². The highest BCUT2D eigenvalue weighted by Gasteiger charge is 2.31. The second-order valence-electron chi connectivity index (χ2n) is 7.09. The Morgan fingerprint density at radius 2 is 1.78 bits per heavy atom. The topological polar surface area (TPSA) is 32.3 Å². The Morgan fingerprint density at radius 3 is 2.48 bits per heavy atom. The van der Waals surface area contributed by atoms with Crippen molar-refractivity contribution < 1.29 is 18.3 Å². The lowest BCUT2D eigenvalue weighted by molar-refractivity contribution is -0.137. The predicted molar refractivity (Wildman–Crippen MR) is 102 cm³/mol. The third-order valence-electron chi connectivity index (χ3n) is 5.32. The van der Waals surface area contributed by atoms with Gasteiger partial charge in [0.05, 0.1) is 11.7 Å². The Labute approximate surface area is 159 Å². The molecule has 0 bridgehead atoms. The molecule has 0 radical (unpaired) electrons. The van der Waals surface area contributed by atoms with Gasteiger partial charge in [-0.1, -0.05) is 30.2 Å². The largest absolute Gasteiger partial charge is 0.416 e. The summed E-state index contributed by atoms with van der Waals surface area (Å²) in [6.45, 7) is 0.831. The molecule has 6 heteroatoms.